The molecule has 3 rings (SSSR count). The average molecular weight is 450 g/mol. The lowest BCUT2D eigenvalue weighted by Gasteiger charge is -2.27. The molecule has 27 heavy (non-hydrogen) atoms. The van der Waals surface area contributed by atoms with Crippen LogP contribution in [-0.2, 0) is 36.2 Å². The highest BCUT2D eigenvalue weighted by Crippen LogP contribution is 2.28. The molecule has 1 aliphatic heterocycles. The highest BCUT2D eigenvalue weighted by Gasteiger charge is 2.39. The monoisotopic (exact) mass is 449 g/mol. The molecule has 1 aliphatic rings. The SMILES string of the molecule is CS(=O)(=O)c1ccc(S(=O)(=O)N(Cc2cccs2)C2CCS(=O)(=O)C2)cc1. The van der Waals surface area contributed by atoms with Crippen molar-refractivity contribution in [2.75, 3.05) is 17.8 Å². The lowest BCUT2D eigenvalue weighted by atomic mass is 10.2. The van der Waals surface area contributed by atoms with Crippen LogP contribution in [0.15, 0.2) is 51.6 Å². The first-order valence-corrected chi connectivity index (χ1v) is 14.1. The third kappa shape index (κ3) is 4.60. The smallest absolute Gasteiger partial charge is 0.229 e. The fourth-order valence-corrected chi connectivity index (χ4v) is 7.84. The minimum atomic E-state index is -3.99. The van der Waals surface area contributed by atoms with E-state index in [1.165, 1.54) is 39.9 Å². The van der Waals surface area contributed by atoms with Crippen molar-refractivity contribution in [3.05, 3.63) is 46.7 Å². The van der Waals surface area contributed by atoms with Gasteiger partial charge in [-0.1, -0.05) is 6.07 Å². The molecule has 1 atom stereocenters. The quantitative estimate of drug-likeness (QED) is 0.662. The summed E-state index contributed by atoms with van der Waals surface area (Å²) in [5, 5.41) is 1.83. The highest BCUT2D eigenvalue weighted by molar-refractivity contribution is 7.92. The van der Waals surface area contributed by atoms with Crippen molar-refractivity contribution in [2.24, 2.45) is 0 Å². The molecule has 1 fully saturated rings. The molecule has 0 radical (unpaired) electrons. The van der Waals surface area contributed by atoms with Gasteiger partial charge in [-0.25, -0.2) is 25.3 Å². The van der Waals surface area contributed by atoms with E-state index < -0.39 is 35.7 Å². The van der Waals surface area contributed by atoms with E-state index >= 15 is 0 Å². The molecule has 11 heteroatoms. The Labute approximate surface area is 163 Å². The third-order valence-electron chi connectivity index (χ3n) is 4.37. The summed E-state index contributed by atoms with van der Waals surface area (Å²) < 4.78 is 74.6. The van der Waals surface area contributed by atoms with Crippen molar-refractivity contribution in [2.45, 2.75) is 28.8 Å². The Kier molecular flexibility index (Phi) is 5.52. The Morgan fingerprint density at radius 1 is 1.07 bits per heavy atom. The number of sulfonamides is 1. The molecular weight excluding hydrogens is 430 g/mol. The maximum Gasteiger partial charge on any atom is 0.243 e. The molecule has 0 bridgehead atoms. The molecule has 0 spiro atoms. The Morgan fingerprint density at radius 3 is 2.19 bits per heavy atom. The van der Waals surface area contributed by atoms with Crippen molar-refractivity contribution in [3.8, 4) is 0 Å². The highest BCUT2D eigenvalue weighted by atomic mass is 32.2. The first-order valence-electron chi connectivity index (χ1n) is 8.04. The summed E-state index contributed by atoms with van der Waals surface area (Å²) in [6.45, 7) is 0.0774. The number of thiophene rings is 1. The van der Waals surface area contributed by atoms with Gasteiger partial charge in [0.05, 0.1) is 21.3 Å². The lowest BCUT2D eigenvalue weighted by Crippen LogP contribution is -2.40. The van der Waals surface area contributed by atoms with E-state index in [-0.39, 0.29) is 34.3 Å². The summed E-state index contributed by atoms with van der Waals surface area (Å²) in [7, 11) is -10.7. The standard InChI is InChI=1S/C16H19NO6S4/c1-25(18,19)15-4-6-16(7-5-15)27(22,23)17(11-14-3-2-9-24-14)13-8-10-26(20,21)12-13/h2-7,9,13H,8,10-12H2,1H3. The molecule has 0 amide bonds. The summed E-state index contributed by atoms with van der Waals surface area (Å²) in [5.74, 6) is -0.250. The maximum atomic E-state index is 13.2. The van der Waals surface area contributed by atoms with Gasteiger partial charge in [0.15, 0.2) is 19.7 Å². The van der Waals surface area contributed by atoms with Crippen molar-refractivity contribution < 1.29 is 25.3 Å². The van der Waals surface area contributed by atoms with Crippen molar-refractivity contribution in [1.82, 2.24) is 4.31 Å². The molecule has 1 aromatic carbocycles. The van der Waals surface area contributed by atoms with Gasteiger partial charge in [0.2, 0.25) is 10.0 Å². The van der Waals surface area contributed by atoms with Crippen LogP contribution in [0.1, 0.15) is 11.3 Å². The van der Waals surface area contributed by atoms with Gasteiger partial charge >= 0.3 is 0 Å². The molecule has 2 aromatic rings. The largest absolute Gasteiger partial charge is 0.243 e. The van der Waals surface area contributed by atoms with Crippen molar-refractivity contribution in [3.63, 3.8) is 0 Å². The molecule has 0 aliphatic carbocycles. The summed E-state index contributed by atoms with van der Waals surface area (Å²) in [4.78, 5) is 0.765. The predicted octanol–water partition coefficient (Wildman–Crippen LogP) is 1.53. The molecule has 1 saturated heterocycles. The van der Waals surface area contributed by atoms with Gasteiger partial charge in [-0.15, -0.1) is 11.3 Å². The second-order valence-electron chi connectivity index (χ2n) is 6.43. The van der Waals surface area contributed by atoms with Gasteiger partial charge in [0, 0.05) is 23.7 Å². The normalized spacial score (nSPS) is 20.1. The Morgan fingerprint density at radius 2 is 1.70 bits per heavy atom. The van der Waals surface area contributed by atoms with Crippen LogP contribution >= 0.6 is 11.3 Å². The van der Waals surface area contributed by atoms with Gasteiger partial charge in [0.25, 0.3) is 0 Å². The number of hydrogen-bond acceptors (Lipinski definition) is 7. The third-order valence-corrected chi connectivity index (χ3v) is 10.0. The van der Waals surface area contributed by atoms with E-state index in [1.807, 2.05) is 5.38 Å². The summed E-state index contributed by atoms with van der Waals surface area (Å²) in [6.07, 6.45) is 1.29. The minimum Gasteiger partial charge on any atom is -0.229 e. The first-order chi connectivity index (χ1) is 12.5. The van der Waals surface area contributed by atoms with Crippen LogP contribution in [0.3, 0.4) is 0 Å². The zero-order valence-electron chi connectivity index (χ0n) is 14.5. The van der Waals surface area contributed by atoms with E-state index in [9.17, 15) is 25.3 Å². The number of rotatable bonds is 6. The molecule has 0 saturated carbocycles. The van der Waals surface area contributed by atoms with Crippen LogP contribution in [0.5, 0.6) is 0 Å². The van der Waals surface area contributed by atoms with Gasteiger partial charge in [-0.3, -0.25) is 0 Å². The fraction of sp³-hybridized carbons (Fsp3) is 0.375. The Bertz CT molecular complexity index is 1120. The predicted molar refractivity (Wildman–Crippen MR) is 104 cm³/mol. The molecule has 2 heterocycles. The van der Waals surface area contributed by atoms with Crippen LogP contribution in [-0.4, -0.2) is 53.4 Å². The van der Waals surface area contributed by atoms with Gasteiger partial charge < -0.3 is 0 Å². The molecule has 1 unspecified atom stereocenters. The Balaban J connectivity index is 1.99. The molecule has 148 valence electrons. The summed E-state index contributed by atoms with van der Waals surface area (Å²) in [6, 6.07) is 7.94. The van der Waals surface area contributed by atoms with E-state index in [1.54, 1.807) is 12.1 Å². The number of benzene rings is 1. The molecule has 1 aromatic heterocycles. The van der Waals surface area contributed by atoms with Crippen molar-refractivity contribution >= 4 is 41.0 Å². The van der Waals surface area contributed by atoms with E-state index in [0.717, 1.165) is 11.1 Å². The lowest BCUT2D eigenvalue weighted by molar-refractivity contribution is 0.336. The van der Waals surface area contributed by atoms with E-state index in [2.05, 4.69) is 0 Å². The molecule has 7 nitrogen and oxygen atoms in total. The second kappa shape index (κ2) is 7.28. The molecule has 0 N–H and O–H groups in total. The summed E-state index contributed by atoms with van der Waals surface area (Å²) in [5.41, 5.74) is 0. The average Bonchev–Trinajstić information content (AvgIpc) is 3.21. The van der Waals surface area contributed by atoms with Crippen LogP contribution in [0, 0.1) is 0 Å². The number of sulfone groups is 2. The number of hydrogen-bond donors (Lipinski definition) is 0. The fourth-order valence-electron chi connectivity index (χ4n) is 2.96. The Hall–Kier alpha value is -1.27. The summed E-state index contributed by atoms with van der Waals surface area (Å²) >= 11 is 1.39. The van der Waals surface area contributed by atoms with Gasteiger partial charge in [-0.05, 0) is 42.1 Å². The van der Waals surface area contributed by atoms with E-state index in [0.29, 0.717) is 0 Å². The zero-order valence-corrected chi connectivity index (χ0v) is 17.7. The van der Waals surface area contributed by atoms with Crippen molar-refractivity contribution in [1.29, 1.82) is 0 Å². The van der Waals surface area contributed by atoms with Crippen LogP contribution < -0.4 is 0 Å². The van der Waals surface area contributed by atoms with E-state index in [4.69, 9.17) is 0 Å². The van der Waals surface area contributed by atoms with Crippen LogP contribution in [0.2, 0.25) is 0 Å². The van der Waals surface area contributed by atoms with Gasteiger partial charge in [0.1, 0.15) is 0 Å². The second-order valence-corrected chi connectivity index (χ2v) is 13.6. The topological polar surface area (TPSA) is 106 Å². The van der Waals surface area contributed by atoms with Gasteiger partial charge in [-0.2, -0.15) is 4.31 Å². The van der Waals surface area contributed by atoms with Crippen LogP contribution in [0.4, 0.5) is 0 Å². The number of nitrogens with zero attached hydrogens (tertiary/aromatic N) is 1. The van der Waals surface area contributed by atoms with Crippen LogP contribution in [0.25, 0.3) is 0 Å². The molecular formula is C16H19NO6S4. The minimum absolute atomic E-state index is 0.0229. The zero-order chi connectivity index (χ0) is 19.9. The maximum absolute atomic E-state index is 13.2. The first kappa shape index (κ1) is 20.5.